The molecule has 0 aromatic rings. The molecule has 1 aliphatic carbocycles. The monoisotopic (exact) mass is 256 g/mol. The topological polar surface area (TPSA) is 44.7 Å². The van der Waals surface area contributed by atoms with E-state index in [4.69, 9.17) is 4.74 Å². The van der Waals surface area contributed by atoms with Crippen LogP contribution in [0, 0.1) is 0 Å². The molecule has 2 atom stereocenters. The van der Waals surface area contributed by atoms with E-state index in [1.807, 2.05) is 7.05 Å². The Hall–Kier alpha value is -0.160. The molecular formula is C14H28N2O2. The van der Waals surface area contributed by atoms with Gasteiger partial charge >= 0.3 is 0 Å². The van der Waals surface area contributed by atoms with Crippen LogP contribution in [0.5, 0.6) is 0 Å². The van der Waals surface area contributed by atoms with E-state index in [0.717, 1.165) is 45.4 Å². The number of nitrogens with one attached hydrogen (secondary N) is 1. The molecule has 4 nitrogen and oxygen atoms in total. The maximum Gasteiger partial charge on any atom is 0.0613 e. The van der Waals surface area contributed by atoms with Crippen molar-refractivity contribution in [1.82, 2.24) is 10.2 Å². The van der Waals surface area contributed by atoms with Gasteiger partial charge < -0.3 is 20.1 Å². The number of hydrogen-bond acceptors (Lipinski definition) is 4. The minimum atomic E-state index is -0.0264. The van der Waals surface area contributed by atoms with E-state index in [0.29, 0.717) is 12.1 Å². The summed E-state index contributed by atoms with van der Waals surface area (Å²) in [5.74, 6) is 0. The van der Waals surface area contributed by atoms with Crippen molar-refractivity contribution in [1.29, 1.82) is 0 Å². The average molecular weight is 256 g/mol. The van der Waals surface area contributed by atoms with E-state index in [9.17, 15) is 5.11 Å². The van der Waals surface area contributed by atoms with Crippen LogP contribution in [0.4, 0.5) is 0 Å². The summed E-state index contributed by atoms with van der Waals surface area (Å²) >= 11 is 0. The Morgan fingerprint density at radius 3 is 2.56 bits per heavy atom. The molecule has 18 heavy (non-hydrogen) atoms. The van der Waals surface area contributed by atoms with Crippen molar-refractivity contribution in [3.05, 3.63) is 0 Å². The first-order valence-electron chi connectivity index (χ1n) is 7.38. The number of ether oxygens (including phenoxy) is 1. The van der Waals surface area contributed by atoms with Crippen LogP contribution in [0.3, 0.4) is 0 Å². The third-order valence-corrected chi connectivity index (χ3v) is 4.81. The zero-order chi connectivity index (χ0) is 13.0. The van der Waals surface area contributed by atoms with Crippen LogP contribution < -0.4 is 5.32 Å². The van der Waals surface area contributed by atoms with Crippen molar-refractivity contribution >= 4 is 0 Å². The lowest BCUT2D eigenvalue weighted by molar-refractivity contribution is 0.00336. The standard InChI is InChI=1S/C14H28N2O2/c1-3-18-13-5-8-16(9-6-13)12-4-7-14(10-12,11-17)15-2/h12-13,15,17H,3-11H2,1-2H3. The first-order valence-corrected chi connectivity index (χ1v) is 7.38. The summed E-state index contributed by atoms with van der Waals surface area (Å²) in [7, 11) is 1.97. The molecule has 0 amide bonds. The minimum absolute atomic E-state index is 0.0264. The number of aliphatic hydroxyl groups is 1. The number of aliphatic hydroxyl groups excluding tert-OH is 1. The zero-order valence-corrected chi connectivity index (χ0v) is 11.8. The molecule has 1 heterocycles. The van der Waals surface area contributed by atoms with Crippen LogP contribution in [0.1, 0.15) is 39.0 Å². The van der Waals surface area contributed by atoms with Crippen molar-refractivity contribution in [3.63, 3.8) is 0 Å². The summed E-state index contributed by atoms with van der Waals surface area (Å²) in [5, 5.41) is 12.9. The minimum Gasteiger partial charge on any atom is -0.394 e. The summed E-state index contributed by atoms with van der Waals surface area (Å²) in [4.78, 5) is 2.60. The van der Waals surface area contributed by atoms with Crippen LogP contribution >= 0.6 is 0 Å². The average Bonchev–Trinajstić information content (AvgIpc) is 2.85. The van der Waals surface area contributed by atoms with Gasteiger partial charge in [-0.05, 0) is 46.1 Å². The Labute approximate surface area is 111 Å². The lowest BCUT2D eigenvalue weighted by Crippen LogP contribution is -2.47. The first kappa shape index (κ1) is 14.3. The molecular weight excluding hydrogens is 228 g/mol. The van der Waals surface area contributed by atoms with E-state index in [1.54, 1.807) is 0 Å². The predicted octanol–water partition coefficient (Wildman–Crippen LogP) is 0.990. The van der Waals surface area contributed by atoms with Gasteiger partial charge in [-0.2, -0.15) is 0 Å². The largest absolute Gasteiger partial charge is 0.394 e. The molecule has 2 unspecified atom stereocenters. The van der Waals surface area contributed by atoms with E-state index < -0.39 is 0 Å². The van der Waals surface area contributed by atoms with Gasteiger partial charge in [0.25, 0.3) is 0 Å². The van der Waals surface area contributed by atoms with Gasteiger partial charge in [-0.1, -0.05) is 0 Å². The highest BCUT2D eigenvalue weighted by molar-refractivity contribution is 4.99. The molecule has 1 saturated carbocycles. The van der Waals surface area contributed by atoms with Gasteiger partial charge in [0.15, 0.2) is 0 Å². The fourth-order valence-corrected chi connectivity index (χ4v) is 3.50. The number of likely N-dealkylation sites (tertiary alicyclic amines) is 1. The highest BCUT2D eigenvalue weighted by Crippen LogP contribution is 2.34. The third kappa shape index (κ3) is 3.05. The summed E-state index contributed by atoms with van der Waals surface area (Å²) in [6.07, 6.45) is 6.18. The fraction of sp³-hybridized carbons (Fsp3) is 1.00. The number of likely N-dealkylation sites (N-methyl/N-ethyl adjacent to an activating group) is 1. The van der Waals surface area contributed by atoms with Crippen LogP contribution in [-0.2, 0) is 4.74 Å². The van der Waals surface area contributed by atoms with Crippen LogP contribution in [0.25, 0.3) is 0 Å². The maximum absolute atomic E-state index is 9.54. The normalized spacial score (nSPS) is 35.2. The molecule has 1 saturated heterocycles. The third-order valence-electron chi connectivity index (χ3n) is 4.81. The van der Waals surface area contributed by atoms with Crippen LogP contribution in [0.15, 0.2) is 0 Å². The summed E-state index contributed by atoms with van der Waals surface area (Å²) in [6, 6.07) is 0.646. The second kappa shape index (κ2) is 6.33. The smallest absolute Gasteiger partial charge is 0.0613 e. The Morgan fingerprint density at radius 1 is 1.33 bits per heavy atom. The molecule has 0 radical (unpaired) electrons. The van der Waals surface area contributed by atoms with Crippen molar-refractivity contribution in [2.75, 3.05) is 33.4 Å². The second-order valence-corrected chi connectivity index (χ2v) is 5.78. The first-order chi connectivity index (χ1) is 8.73. The van der Waals surface area contributed by atoms with E-state index >= 15 is 0 Å². The fourth-order valence-electron chi connectivity index (χ4n) is 3.50. The number of nitrogens with zero attached hydrogens (tertiary/aromatic N) is 1. The molecule has 2 fully saturated rings. The maximum atomic E-state index is 9.54. The molecule has 4 heteroatoms. The number of hydrogen-bond donors (Lipinski definition) is 2. The molecule has 2 aliphatic rings. The lowest BCUT2D eigenvalue weighted by atomic mass is 9.98. The van der Waals surface area contributed by atoms with Gasteiger partial charge in [-0.15, -0.1) is 0 Å². The van der Waals surface area contributed by atoms with E-state index in [1.165, 1.54) is 6.42 Å². The highest BCUT2D eigenvalue weighted by atomic mass is 16.5. The number of rotatable bonds is 5. The molecule has 106 valence electrons. The molecule has 2 rings (SSSR count). The molecule has 0 spiro atoms. The lowest BCUT2D eigenvalue weighted by Gasteiger charge is -2.36. The van der Waals surface area contributed by atoms with Crippen LogP contribution in [-0.4, -0.2) is 61.0 Å². The van der Waals surface area contributed by atoms with E-state index in [2.05, 4.69) is 17.1 Å². The van der Waals surface area contributed by atoms with Gasteiger partial charge in [0.2, 0.25) is 0 Å². The second-order valence-electron chi connectivity index (χ2n) is 5.78. The van der Waals surface area contributed by atoms with Gasteiger partial charge in [0, 0.05) is 31.3 Å². The van der Waals surface area contributed by atoms with Crippen molar-refractivity contribution < 1.29 is 9.84 Å². The van der Waals surface area contributed by atoms with Crippen molar-refractivity contribution in [2.45, 2.75) is 56.7 Å². The van der Waals surface area contributed by atoms with Gasteiger partial charge in [-0.25, -0.2) is 0 Å². The van der Waals surface area contributed by atoms with Crippen LogP contribution in [0.2, 0.25) is 0 Å². The molecule has 0 bridgehead atoms. The molecule has 0 aromatic heterocycles. The summed E-state index contributed by atoms with van der Waals surface area (Å²) in [5.41, 5.74) is -0.0264. The van der Waals surface area contributed by atoms with Gasteiger partial charge in [0.1, 0.15) is 0 Å². The summed E-state index contributed by atoms with van der Waals surface area (Å²) < 4.78 is 5.70. The van der Waals surface area contributed by atoms with Crippen molar-refractivity contribution in [2.24, 2.45) is 0 Å². The van der Waals surface area contributed by atoms with Crippen molar-refractivity contribution in [3.8, 4) is 0 Å². The van der Waals surface area contributed by atoms with Gasteiger partial charge in [0.05, 0.1) is 12.7 Å². The Kier molecular flexibility index (Phi) is 5.01. The molecule has 2 N–H and O–H groups in total. The predicted molar refractivity (Wildman–Crippen MR) is 72.7 cm³/mol. The summed E-state index contributed by atoms with van der Waals surface area (Å²) in [6.45, 7) is 5.48. The van der Waals surface area contributed by atoms with Gasteiger partial charge in [-0.3, -0.25) is 0 Å². The van der Waals surface area contributed by atoms with E-state index in [-0.39, 0.29) is 12.1 Å². The Balaban J connectivity index is 1.81. The Morgan fingerprint density at radius 2 is 2.06 bits per heavy atom. The number of piperidine rings is 1. The molecule has 0 aromatic carbocycles. The highest BCUT2D eigenvalue weighted by Gasteiger charge is 2.40. The quantitative estimate of drug-likeness (QED) is 0.770. The SMILES string of the molecule is CCOC1CCN(C2CCC(CO)(NC)C2)CC1. The Bertz CT molecular complexity index is 248. The zero-order valence-electron chi connectivity index (χ0n) is 11.8. The molecule has 1 aliphatic heterocycles.